The van der Waals surface area contributed by atoms with Gasteiger partial charge in [0, 0.05) is 5.92 Å². The van der Waals surface area contributed by atoms with E-state index in [1.54, 1.807) is 13.0 Å². The molecule has 0 bridgehead atoms. The van der Waals surface area contributed by atoms with Gasteiger partial charge in [-0.2, -0.15) is 0 Å². The zero-order valence-corrected chi connectivity index (χ0v) is 7.99. The molecule has 0 amide bonds. The van der Waals surface area contributed by atoms with Gasteiger partial charge >= 0.3 is 12.1 Å². The number of esters is 1. The number of ether oxygens (including phenoxy) is 2. The molecule has 14 heavy (non-hydrogen) atoms. The summed E-state index contributed by atoms with van der Waals surface area (Å²) in [6.07, 6.45) is 1.04. The lowest BCUT2D eigenvalue weighted by Gasteiger charge is -2.08. The highest BCUT2D eigenvalue weighted by molar-refractivity contribution is 5.91. The topological polar surface area (TPSA) is 78.6 Å². The van der Waals surface area contributed by atoms with Crippen LogP contribution in [0.4, 0.5) is 4.79 Å². The van der Waals surface area contributed by atoms with E-state index in [1.807, 2.05) is 0 Å². The molecule has 0 aromatic rings. The van der Waals surface area contributed by atoms with Crippen molar-refractivity contribution < 1.29 is 19.1 Å². The van der Waals surface area contributed by atoms with Crippen LogP contribution in [0.5, 0.6) is 0 Å². The first-order valence-electron chi connectivity index (χ1n) is 4.35. The zero-order valence-electron chi connectivity index (χ0n) is 7.99. The fourth-order valence-electron chi connectivity index (χ4n) is 1.15. The van der Waals surface area contributed by atoms with Crippen LogP contribution in [0, 0.1) is 5.92 Å². The van der Waals surface area contributed by atoms with Gasteiger partial charge in [-0.25, -0.2) is 9.59 Å². The molecule has 1 aliphatic carbocycles. The minimum absolute atomic E-state index is 0.107. The maximum atomic E-state index is 11.3. The standard InChI is InChI=1S/C9H13NO4/c1-3-6-5-9(6,10)7(11)14-8(12)13-4-2/h3,6H,1,4-5,10H2,2H3. The molecule has 5 heteroatoms. The van der Waals surface area contributed by atoms with Crippen LogP contribution < -0.4 is 5.73 Å². The molecule has 0 aliphatic heterocycles. The number of carbonyl (C=O) groups is 2. The first-order chi connectivity index (χ1) is 6.54. The molecular formula is C9H13NO4. The maximum absolute atomic E-state index is 11.3. The summed E-state index contributed by atoms with van der Waals surface area (Å²) in [6.45, 7) is 5.29. The molecule has 2 unspecified atom stereocenters. The molecule has 2 atom stereocenters. The third kappa shape index (κ3) is 1.93. The van der Waals surface area contributed by atoms with Crippen molar-refractivity contribution >= 4 is 12.1 Å². The van der Waals surface area contributed by atoms with Crippen molar-refractivity contribution in [2.75, 3.05) is 6.61 Å². The summed E-state index contributed by atoms with van der Waals surface area (Å²) < 4.78 is 8.82. The summed E-state index contributed by atoms with van der Waals surface area (Å²) in [6, 6.07) is 0. The van der Waals surface area contributed by atoms with Gasteiger partial charge in [0.25, 0.3) is 0 Å². The van der Waals surface area contributed by atoms with Gasteiger partial charge < -0.3 is 15.2 Å². The second kappa shape index (κ2) is 3.79. The van der Waals surface area contributed by atoms with Crippen LogP contribution in [0.15, 0.2) is 12.7 Å². The average molecular weight is 199 g/mol. The molecule has 1 fully saturated rings. The third-order valence-corrected chi connectivity index (χ3v) is 2.16. The van der Waals surface area contributed by atoms with E-state index >= 15 is 0 Å². The number of rotatable bonds is 3. The van der Waals surface area contributed by atoms with Crippen LogP contribution in [0.25, 0.3) is 0 Å². The van der Waals surface area contributed by atoms with Crippen LogP contribution in [-0.2, 0) is 14.3 Å². The Morgan fingerprint density at radius 1 is 1.71 bits per heavy atom. The molecular weight excluding hydrogens is 186 g/mol. The summed E-state index contributed by atoms with van der Waals surface area (Å²) >= 11 is 0. The van der Waals surface area contributed by atoms with Gasteiger partial charge in [0.15, 0.2) is 0 Å². The SMILES string of the molecule is C=CC1CC1(N)C(=O)OC(=O)OCC. The molecule has 1 rings (SSSR count). The third-order valence-electron chi connectivity index (χ3n) is 2.16. The van der Waals surface area contributed by atoms with Crippen LogP contribution in [0.1, 0.15) is 13.3 Å². The minimum Gasteiger partial charge on any atom is -0.434 e. The average Bonchev–Trinajstić information content (AvgIpc) is 2.79. The first-order valence-corrected chi connectivity index (χ1v) is 4.35. The quantitative estimate of drug-likeness (QED) is 0.409. The normalized spacial score (nSPS) is 29.1. The fraction of sp³-hybridized carbons (Fsp3) is 0.556. The summed E-state index contributed by atoms with van der Waals surface area (Å²) in [7, 11) is 0. The van der Waals surface area contributed by atoms with Crippen molar-refractivity contribution in [1.82, 2.24) is 0 Å². The molecule has 0 heterocycles. The second-order valence-corrected chi connectivity index (χ2v) is 3.16. The highest BCUT2D eigenvalue weighted by Gasteiger charge is 2.57. The van der Waals surface area contributed by atoms with E-state index in [9.17, 15) is 9.59 Å². The van der Waals surface area contributed by atoms with Gasteiger partial charge in [-0.3, -0.25) is 0 Å². The lowest BCUT2D eigenvalue weighted by atomic mass is 10.2. The van der Waals surface area contributed by atoms with Gasteiger partial charge in [-0.05, 0) is 13.3 Å². The Hall–Kier alpha value is -1.36. The highest BCUT2D eigenvalue weighted by Crippen LogP contribution is 2.42. The Kier molecular flexibility index (Phi) is 2.90. The Labute approximate surface area is 81.9 Å². The second-order valence-electron chi connectivity index (χ2n) is 3.16. The molecule has 1 aliphatic rings. The van der Waals surface area contributed by atoms with E-state index < -0.39 is 17.7 Å². The predicted octanol–water partition coefficient (Wildman–Crippen LogP) is 0.590. The van der Waals surface area contributed by atoms with Gasteiger partial charge in [-0.15, -0.1) is 6.58 Å². The maximum Gasteiger partial charge on any atom is 0.516 e. The van der Waals surface area contributed by atoms with Crippen LogP contribution in [0.3, 0.4) is 0 Å². The van der Waals surface area contributed by atoms with Crippen molar-refractivity contribution in [2.24, 2.45) is 11.7 Å². The van der Waals surface area contributed by atoms with E-state index in [1.165, 1.54) is 0 Å². The van der Waals surface area contributed by atoms with Crippen molar-refractivity contribution in [3.8, 4) is 0 Å². The molecule has 5 nitrogen and oxygen atoms in total. The Balaban J connectivity index is 2.44. The summed E-state index contributed by atoms with van der Waals surface area (Å²) in [5.74, 6) is -0.856. The van der Waals surface area contributed by atoms with Crippen molar-refractivity contribution in [3.63, 3.8) is 0 Å². The molecule has 0 radical (unpaired) electrons. The van der Waals surface area contributed by atoms with Crippen molar-refractivity contribution in [2.45, 2.75) is 18.9 Å². The van der Waals surface area contributed by atoms with E-state index in [0.29, 0.717) is 6.42 Å². The molecule has 0 spiro atoms. The van der Waals surface area contributed by atoms with Crippen molar-refractivity contribution in [1.29, 1.82) is 0 Å². The summed E-state index contributed by atoms with van der Waals surface area (Å²) in [4.78, 5) is 22.1. The van der Waals surface area contributed by atoms with Gasteiger partial charge in [0.05, 0.1) is 6.61 Å². The van der Waals surface area contributed by atoms with Crippen LogP contribution >= 0.6 is 0 Å². The zero-order chi connectivity index (χ0) is 10.8. The smallest absolute Gasteiger partial charge is 0.434 e. The van der Waals surface area contributed by atoms with E-state index in [2.05, 4.69) is 16.1 Å². The molecule has 0 aromatic heterocycles. The number of hydrogen-bond donors (Lipinski definition) is 1. The molecule has 2 N–H and O–H groups in total. The number of nitrogens with two attached hydrogens (primary N) is 1. The molecule has 0 saturated heterocycles. The monoisotopic (exact) mass is 199 g/mol. The number of carbonyl (C=O) groups excluding carboxylic acids is 2. The largest absolute Gasteiger partial charge is 0.516 e. The summed E-state index contributed by atoms with van der Waals surface area (Å²) in [5, 5.41) is 0. The van der Waals surface area contributed by atoms with Gasteiger partial charge in [0.1, 0.15) is 5.54 Å². The molecule has 78 valence electrons. The predicted molar refractivity (Wildman–Crippen MR) is 48.3 cm³/mol. The minimum atomic E-state index is -1.07. The van der Waals surface area contributed by atoms with Crippen molar-refractivity contribution in [3.05, 3.63) is 12.7 Å². The Morgan fingerprint density at radius 3 is 2.79 bits per heavy atom. The number of hydrogen-bond acceptors (Lipinski definition) is 5. The van der Waals surface area contributed by atoms with Crippen LogP contribution in [0.2, 0.25) is 0 Å². The Morgan fingerprint density at radius 2 is 2.36 bits per heavy atom. The van der Waals surface area contributed by atoms with Gasteiger partial charge in [-0.1, -0.05) is 6.08 Å². The van der Waals surface area contributed by atoms with E-state index in [0.717, 1.165) is 0 Å². The lowest BCUT2D eigenvalue weighted by Crippen LogP contribution is -2.38. The highest BCUT2D eigenvalue weighted by atomic mass is 16.7. The fourth-order valence-corrected chi connectivity index (χ4v) is 1.15. The van der Waals surface area contributed by atoms with E-state index in [-0.39, 0.29) is 12.5 Å². The Bertz CT molecular complexity index is 276. The summed E-state index contributed by atoms with van der Waals surface area (Å²) in [5.41, 5.74) is 4.56. The molecule has 1 saturated carbocycles. The van der Waals surface area contributed by atoms with E-state index in [4.69, 9.17) is 5.73 Å². The van der Waals surface area contributed by atoms with Gasteiger partial charge in [0.2, 0.25) is 0 Å². The lowest BCUT2D eigenvalue weighted by molar-refractivity contribution is -0.142. The first kappa shape index (κ1) is 10.7. The molecule has 0 aromatic carbocycles. The van der Waals surface area contributed by atoms with Crippen LogP contribution in [-0.4, -0.2) is 24.3 Å².